The third kappa shape index (κ3) is 13.1. The van der Waals surface area contributed by atoms with E-state index in [2.05, 4.69) is 52.2 Å². The number of anilines is 6. The first-order valence-corrected chi connectivity index (χ1v) is 25.9. The van der Waals surface area contributed by atoms with E-state index < -0.39 is 66.7 Å². The number of hydrogen-bond donors (Lipinski definition) is 12. The molecule has 0 radical (unpaired) electrons. The van der Waals surface area contributed by atoms with E-state index in [0.29, 0.717) is 78.6 Å². The number of nitrogens with one attached hydrogen (secondary N) is 7. The second kappa shape index (κ2) is 24.5. The number of nitrogens with two attached hydrogens (primary N) is 2. The van der Waals surface area contributed by atoms with E-state index in [1.165, 1.54) is 60.7 Å². The number of aromatic carboxylic acids is 1. The molecule has 25 nitrogen and oxygen atoms in total. The standard InChI is InChI=1S/C55H54ClN13O12/c56-53-66-54(62-31-6-10-34(37(20-31)52(79)80)46-35-11-8-32(71)22-43(35)81-44-23-33(72)9-12-36(44)46)68-55(67-53)69-17-14-27(15-18-69)48(75)60-25-45(73)61-30-7-13-39-38(21-30)49(76)63-40(3-1-2-16-57)50(77)65-42(26-70)51(78)64-41-19-28(47(58)74)4-5-29(41)24-59-39/h4-13,19-23,27,40,42,59,70-71H,1-3,14-18,24-26,57H2,(H2,58,74)(H,60,75)(H,61,73)(H,63,76)(H,64,78)(H,65,77)(H,79,80)(H,62,66,67,68)/t40-,42-/m0/s1. The van der Waals surface area contributed by atoms with E-state index in [9.17, 15) is 53.7 Å². The summed E-state index contributed by atoms with van der Waals surface area (Å²) in [5.41, 5.74) is 13.7. The smallest absolute Gasteiger partial charge is 0.336 e. The van der Waals surface area contributed by atoms with E-state index in [4.69, 9.17) is 27.5 Å². The number of carbonyl (C=O) groups is 7. The van der Waals surface area contributed by atoms with Crippen LogP contribution in [-0.2, 0) is 25.7 Å². The molecule has 14 N–H and O–H groups in total. The highest BCUT2D eigenvalue weighted by Crippen LogP contribution is 2.43. The number of unbranched alkanes of at least 4 members (excludes halogenated alkanes) is 1. The topological polar surface area (TPSA) is 389 Å². The summed E-state index contributed by atoms with van der Waals surface area (Å²) in [5.74, 6) is -5.45. The van der Waals surface area contributed by atoms with Gasteiger partial charge in [0.1, 0.15) is 29.2 Å². The number of halogens is 1. The van der Waals surface area contributed by atoms with Crippen LogP contribution in [-0.4, -0.2) is 117 Å². The van der Waals surface area contributed by atoms with Crippen molar-refractivity contribution in [3.05, 3.63) is 129 Å². The van der Waals surface area contributed by atoms with Gasteiger partial charge in [-0.3, -0.25) is 33.6 Å². The second-order valence-electron chi connectivity index (χ2n) is 19.2. The molecule has 3 aliphatic heterocycles. The molecule has 9 rings (SSSR count). The van der Waals surface area contributed by atoms with Crippen LogP contribution in [0.4, 0.5) is 34.6 Å². The van der Waals surface area contributed by atoms with Gasteiger partial charge in [-0.2, -0.15) is 15.0 Å². The maximum atomic E-state index is 14.1. The average molecular weight is 1120 g/mol. The van der Waals surface area contributed by atoms with Crippen LogP contribution in [0.15, 0.2) is 100 Å². The third-order valence-corrected chi connectivity index (χ3v) is 13.8. The van der Waals surface area contributed by atoms with E-state index in [1.54, 1.807) is 35.2 Å². The summed E-state index contributed by atoms with van der Waals surface area (Å²) in [6.07, 6.45) is 1.77. The fourth-order valence-corrected chi connectivity index (χ4v) is 9.69. The van der Waals surface area contributed by atoms with Crippen molar-refractivity contribution in [3.63, 3.8) is 0 Å². The lowest BCUT2D eigenvalue weighted by Gasteiger charge is -2.31. The summed E-state index contributed by atoms with van der Waals surface area (Å²) < 4.78 is 5.93. The fourth-order valence-electron chi connectivity index (χ4n) is 9.53. The Hall–Kier alpha value is -9.72. The van der Waals surface area contributed by atoms with Crippen LogP contribution >= 0.6 is 11.6 Å². The summed E-state index contributed by atoms with van der Waals surface area (Å²) in [5, 5.41) is 50.6. The molecule has 0 saturated carbocycles. The summed E-state index contributed by atoms with van der Waals surface area (Å²) >= 11 is 6.38. The Balaban J connectivity index is 0.846. The first-order chi connectivity index (χ1) is 38.9. The van der Waals surface area contributed by atoms with Crippen LogP contribution in [0, 0.1) is 5.92 Å². The molecule has 0 bridgehead atoms. The number of aromatic hydroxyl groups is 1. The lowest BCUT2D eigenvalue weighted by Crippen LogP contribution is -2.54. The number of benzene rings is 5. The fraction of sp³-hybridized carbons (Fsp3) is 0.255. The van der Waals surface area contributed by atoms with Crippen molar-refractivity contribution in [3.8, 4) is 28.2 Å². The molecule has 418 valence electrons. The normalized spacial score (nSPS) is 15.9. The van der Waals surface area contributed by atoms with Gasteiger partial charge >= 0.3 is 5.97 Å². The number of amides is 6. The van der Waals surface area contributed by atoms with Gasteiger partial charge in [0.05, 0.1) is 24.3 Å². The molecule has 4 aliphatic rings. The maximum absolute atomic E-state index is 14.1. The zero-order valence-corrected chi connectivity index (χ0v) is 43.8. The number of fused-ring (bicyclic) bond motifs is 4. The number of aromatic nitrogens is 3. The monoisotopic (exact) mass is 1120 g/mol. The Kier molecular flexibility index (Phi) is 17.0. The average Bonchev–Trinajstić information content (AvgIpc) is 3.48. The van der Waals surface area contributed by atoms with Crippen molar-refractivity contribution in [1.29, 1.82) is 0 Å². The molecule has 26 heteroatoms. The highest BCUT2D eigenvalue weighted by atomic mass is 35.5. The van der Waals surface area contributed by atoms with Gasteiger partial charge in [0, 0.05) is 82.5 Å². The minimum absolute atomic E-state index is 0.00224. The summed E-state index contributed by atoms with van der Waals surface area (Å²) in [7, 11) is 0. The predicted octanol–water partition coefficient (Wildman–Crippen LogP) is 3.89. The Morgan fingerprint density at radius 1 is 0.802 bits per heavy atom. The molecule has 81 heavy (non-hydrogen) atoms. The van der Waals surface area contributed by atoms with Crippen LogP contribution in [0.3, 0.4) is 0 Å². The largest absolute Gasteiger partial charge is 0.508 e. The molecule has 0 spiro atoms. The number of aliphatic hydroxyl groups excluding tert-OH is 1. The highest BCUT2D eigenvalue weighted by molar-refractivity contribution is 6.28. The lowest BCUT2D eigenvalue weighted by molar-refractivity contribution is -0.128. The number of piperidine rings is 1. The van der Waals surface area contributed by atoms with Gasteiger partial charge in [0.25, 0.3) is 5.91 Å². The van der Waals surface area contributed by atoms with E-state index in [1.807, 2.05) is 0 Å². The molecule has 4 heterocycles. The first-order valence-electron chi connectivity index (χ1n) is 25.6. The maximum Gasteiger partial charge on any atom is 0.336 e. The molecule has 1 aromatic heterocycles. The number of hydrogen-bond acceptors (Lipinski definition) is 18. The van der Waals surface area contributed by atoms with E-state index in [-0.39, 0.29) is 92.3 Å². The number of carbonyl (C=O) groups excluding carboxylic acids is 6. The number of carboxylic acid groups (broad SMARTS) is 1. The molecule has 2 atom stereocenters. The number of nitrogens with zero attached hydrogens (tertiary/aromatic N) is 4. The molecule has 1 aliphatic carbocycles. The van der Waals surface area contributed by atoms with Crippen molar-refractivity contribution in [2.24, 2.45) is 17.4 Å². The van der Waals surface area contributed by atoms with Crippen molar-refractivity contribution < 1.29 is 53.3 Å². The SMILES string of the molecule is NCCCC[C@@H]1NC(=O)c2cc(NC(=O)CNC(=O)C3CCN(c4nc(Cl)nc(Nc5ccc(-c6c7ccc(=O)cc-7oc7cc(O)ccc67)c(C(=O)O)c5)n4)CC3)ccc2NCc2ccc(C(N)=O)cc2NC(=O)[C@H](CO)NC1=O. The Labute approximate surface area is 465 Å². The van der Waals surface area contributed by atoms with Gasteiger partial charge in [-0.15, -0.1) is 0 Å². The van der Waals surface area contributed by atoms with Crippen molar-refractivity contribution >= 4 is 98.6 Å². The van der Waals surface area contributed by atoms with E-state index >= 15 is 0 Å². The second-order valence-corrected chi connectivity index (χ2v) is 19.5. The van der Waals surface area contributed by atoms with Gasteiger partial charge in [0.15, 0.2) is 5.43 Å². The van der Waals surface area contributed by atoms with E-state index in [0.717, 1.165) is 0 Å². The number of phenolic OH excluding ortho intramolecular Hbond substituents is 1. The Morgan fingerprint density at radius 2 is 1.58 bits per heavy atom. The summed E-state index contributed by atoms with van der Waals surface area (Å²) in [6.45, 7) is -0.259. The zero-order valence-electron chi connectivity index (χ0n) is 43.0. The van der Waals surface area contributed by atoms with Crippen LogP contribution in [0.25, 0.3) is 33.4 Å². The van der Waals surface area contributed by atoms with Crippen LogP contribution in [0.2, 0.25) is 5.28 Å². The van der Waals surface area contributed by atoms with Gasteiger partial charge in [-0.1, -0.05) is 12.1 Å². The molecular weight excluding hydrogens is 1070 g/mol. The minimum Gasteiger partial charge on any atom is -0.508 e. The minimum atomic E-state index is -1.44. The third-order valence-electron chi connectivity index (χ3n) is 13.7. The number of aliphatic hydroxyl groups is 1. The molecule has 6 amide bonds. The number of phenols is 1. The Bertz CT molecular complexity index is 3660. The number of rotatable bonds is 15. The lowest BCUT2D eigenvalue weighted by atomic mass is 9.90. The van der Waals surface area contributed by atoms with Gasteiger partial charge < -0.3 is 73.3 Å². The molecule has 0 unspecified atom stereocenters. The molecule has 5 aromatic rings. The van der Waals surface area contributed by atoms with Gasteiger partial charge in [-0.05, 0) is 128 Å². The number of primary amides is 1. The molecule has 1 fully saturated rings. The Morgan fingerprint density at radius 3 is 2.33 bits per heavy atom. The predicted molar refractivity (Wildman–Crippen MR) is 298 cm³/mol. The van der Waals surface area contributed by atoms with Crippen molar-refractivity contribution in [2.45, 2.75) is 50.7 Å². The van der Waals surface area contributed by atoms with Crippen LogP contribution in [0.1, 0.15) is 68.7 Å². The van der Waals surface area contributed by atoms with Crippen molar-refractivity contribution in [2.75, 3.05) is 59.0 Å². The molecule has 4 aromatic carbocycles. The first kappa shape index (κ1) is 56.0. The van der Waals surface area contributed by atoms with Crippen molar-refractivity contribution in [1.82, 2.24) is 30.9 Å². The number of carboxylic acids is 1. The van der Waals surface area contributed by atoms with Crippen LogP contribution in [0.5, 0.6) is 5.75 Å². The molecule has 1 saturated heterocycles. The van der Waals surface area contributed by atoms with Gasteiger partial charge in [-0.25, -0.2) is 4.79 Å². The highest BCUT2D eigenvalue weighted by Gasteiger charge is 2.31. The quantitative estimate of drug-likeness (QED) is 0.0512. The summed E-state index contributed by atoms with van der Waals surface area (Å²) in [6, 6.07) is 19.4. The molecular formula is C55H54ClN13O12. The van der Waals surface area contributed by atoms with Gasteiger partial charge in [0.2, 0.25) is 46.7 Å². The summed E-state index contributed by atoms with van der Waals surface area (Å²) in [4.78, 5) is 120. The van der Waals surface area contributed by atoms with Crippen LogP contribution < -0.4 is 59.0 Å². The zero-order chi connectivity index (χ0) is 57.5.